The van der Waals surface area contributed by atoms with E-state index in [0.717, 1.165) is 29.3 Å². The molecule has 0 unspecified atom stereocenters. The van der Waals surface area contributed by atoms with Crippen LogP contribution in [0.1, 0.15) is 55.1 Å². The van der Waals surface area contributed by atoms with Crippen molar-refractivity contribution in [2.75, 3.05) is 13.2 Å². The zero-order chi connectivity index (χ0) is 24.1. The summed E-state index contributed by atoms with van der Waals surface area (Å²) < 4.78 is 13.5. The SMILES string of the molecule is C=CCO[C@H]1C[C@]1(C1=NC(=C=O)ON1)n1c(C(=O)O)cc2cc([C@H]3CCOC(C)(C)C3)ccc21. The molecule has 1 aliphatic carbocycles. The molecule has 3 aliphatic rings. The van der Waals surface area contributed by atoms with Gasteiger partial charge in [-0.1, -0.05) is 12.1 Å². The van der Waals surface area contributed by atoms with Gasteiger partial charge in [0.05, 0.1) is 18.3 Å². The van der Waals surface area contributed by atoms with Crippen LogP contribution in [0.15, 0.2) is 47.8 Å². The smallest absolute Gasteiger partial charge is 0.352 e. The standard InChI is InChI=1S/C25H27N3O6/c1-4-8-32-20-13-25(20,23-26-21(14-29)34-27-23)28-18-6-5-15(10-17(18)11-19(28)22(30)31)16-7-9-33-24(2,3)12-16/h4-6,10-11,16,20H,1,7-9,12-13H2,2-3H3,(H,26,27)(H,30,31)/t16-,20-,25-/m0/s1. The summed E-state index contributed by atoms with van der Waals surface area (Å²) >= 11 is 0. The molecule has 34 heavy (non-hydrogen) atoms. The van der Waals surface area contributed by atoms with E-state index in [-0.39, 0.29) is 23.3 Å². The summed E-state index contributed by atoms with van der Waals surface area (Å²) in [6, 6.07) is 7.76. The summed E-state index contributed by atoms with van der Waals surface area (Å²) in [5.41, 5.74) is 3.53. The number of nitrogens with zero attached hydrogens (tertiary/aromatic N) is 2. The van der Waals surface area contributed by atoms with E-state index in [0.29, 0.717) is 31.4 Å². The largest absolute Gasteiger partial charge is 0.477 e. The van der Waals surface area contributed by atoms with Gasteiger partial charge in [0.15, 0.2) is 11.8 Å². The zero-order valence-electron chi connectivity index (χ0n) is 19.2. The van der Waals surface area contributed by atoms with Crippen LogP contribution in [0.4, 0.5) is 0 Å². The number of hydroxylamine groups is 1. The molecule has 5 rings (SSSR count). The number of amidine groups is 1. The van der Waals surface area contributed by atoms with Crippen molar-refractivity contribution in [1.82, 2.24) is 10.0 Å². The minimum Gasteiger partial charge on any atom is -0.477 e. The normalized spacial score (nSPS) is 27.5. The van der Waals surface area contributed by atoms with E-state index in [1.807, 2.05) is 6.07 Å². The maximum absolute atomic E-state index is 12.3. The van der Waals surface area contributed by atoms with Gasteiger partial charge < -0.3 is 24.0 Å². The van der Waals surface area contributed by atoms with Gasteiger partial charge in [-0.15, -0.1) is 6.58 Å². The molecule has 1 saturated carbocycles. The number of aromatic carboxylic acids is 1. The number of rotatable bonds is 7. The number of carbonyl (C=O) groups is 1. The highest BCUT2D eigenvalue weighted by Gasteiger charge is 2.64. The number of aliphatic imine (C=N–C) groups is 1. The van der Waals surface area contributed by atoms with Crippen LogP contribution >= 0.6 is 0 Å². The molecule has 1 saturated heterocycles. The topological polar surface area (TPSA) is 111 Å². The van der Waals surface area contributed by atoms with E-state index in [1.165, 1.54) is 0 Å². The Bertz CT molecular complexity index is 1250. The number of nitrogens with one attached hydrogen (secondary N) is 1. The van der Waals surface area contributed by atoms with Crippen LogP contribution in [0.2, 0.25) is 0 Å². The molecule has 2 aliphatic heterocycles. The Kier molecular flexibility index (Phi) is 5.36. The maximum Gasteiger partial charge on any atom is 0.352 e. The molecular weight excluding hydrogens is 438 g/mol. The molecule has 0 amide bonds. The first-order valence-corrected chi connectivity index (χ1v) is 11.3. The lowest BCUT2D eigenvalue weighted by Crippen LogP contribution is -2.40. The van der Waals surface area contributed by atoms with Gasteiger partial charge in [-0.05, 0) is 56.4 Å². The monoisotopic (exact) mass is 465 g/mol. The van der Waals surface area contributed by atoms with Gasteiger partial charge >= 0.3 is 11.9 Å². The molecule has 2 fully saturated rings. The number of fused-ring (bicyclic) bond motifs is 1. The average Bonchev–Trinajstić information content (AvgIpc) is 3.16. The molecule has 0 spiro atoms. The van der Waals surface area contributed by atoms with Crippen molar-refractivity contribution in [2.45, 2.75) is 56.3 Å². The van der Waals surface area contributed by atoms with Gasteiger partial charge in [0.25, 0.3) is 0 Å². The number of benzene rings is 1. The fourth-order valence-corrected chi connectivity index (χ4v) is 5.26. The molecular formula is C25H27N3O6. The summed E-state index contributed by atoms with van der Waals surface area (Å²) in [5.74, 6) is 0.970. The van der Waals surface area contributed by atoms with Gasteiger partial charge in [-0.25, -0.2) is 15.1 Å². The Morgan fingerprint density at radius 3 is 2.91 bits per heavy atom. The van der Waals surface area contributed by atoms with Crippen molar-refractivity contribution in [1.29, 1.82) is 0 Å². The quantitative estimate of drug-likeness (QED) is 0.477. The van der Waals surface area contributed by atoms with Crippen LogP contribution in [0.5, 0.6) is 0 Å². The van der Waals surface area contributed by atoms with E-state index in [2.05, 4.69) is 43.0 Å². The molecule has 0 bridgehead atoms. The molecule has 3 heterocycles. The van der Waals surface area contributed by atoms with Gasteiger partial charge in [0.1, 0.15) is 11.2 Å². The van der Waals surface area contributed by atoms with Crippen LogP contribution in [0, 0.1) is 0 Å². The fourth-order valence-electron chi connectivity index (χ4n) is 5.26. The summed E-state index contributed by atoms with van der Waals surface area (Å²) in [4.78, 5) is 32.7. The Morgan fingerprint density at radius 1 is 1.41 bits per heavy atom. The first-order chi connectivity index (χ1) is 16.3. The molecule has 2 N–H and O–H groups in total. The summed E-state index contributed by atoms with van der Waals surface area (Å²) in [6.45, 7) is 8.87. The summed E-state index contributed by atoms with van der Waals surface area (Å²) in [7, 11) is 0. The molecule has 1 aromatic heterocycles. The number of carboxylic acids is 1. The highest BCUT2D eigenvalue weighted by atomic mass is 16.7. The van der Waals surface area contributed by atoms with Gasteiger partial charge in [-0.3, -0.25) is 0 Å². The number of carboxylic acid groups (broad SMARTS) is 1. The van der Waals surface area contributed by atoms with Crippen molar-refractivity contribution < 1.29 is 29.0 Å². The molecule has 9 heteroatoms. The molecule has 0 radical (unpaired) electrons. The third kappa shape index (κ3) is 3.62. The second-order valence-electron chi connectivity index (χ2n) is 9.60. The van der Waals surface area contributed by atoms with Crippen LogP contribution < -0.4 is 5.48 Å². The van der Waals surface area contributed by atoms with Crippen molar-refractivity contribution >= 4 is 28.6 Å². The van der Waals surface area contributed by atoms with E-state index in [9.17, 15) is 14.7 Å². The third-order valence-electron chi connectivity index (χ3n) is 6.85. The lowest BCUT2D eigenvalue weighted by Gasteiger charge is -2.35. The number of carbonyl (C=O) groups excluding carboxylic acids is 1. The fraction of sp³-hybridized carbons (Fsp3) is 0.440. The average molecular weight is 466 g/mol. The van der Waals surface area contributed by atoms with Crippen LogP contribution in [-0.4, -0.2) is 52.3 Å². The van der Waals surface area contributed by atoms with Crippen molar-refractivity contribution in [3.63, 3.8) is 0 Å². The zero-order valence-corrected chi connectivity index (χ0v) is 19.2. The molecule has 1 aromatic carbocycles. The van der Waals surface area contributed by atoms with Crippen molar-refractivity contribution in [2.24, 2.45) is 4.99 Å². The Labute approximate surface area is 196 Å². The first-order valence-electron chi connectivity index (χ1n) is 11.3. The lowest BCUT2D eigenvalue weighted by atomic mass is 9.83. The van der Waals surface area contributed by atoms with E-state index < -0.39 is 11.5 Å². The number of ether oxygens (including phenoxy) is 2. The minimum absolute atomic E-state index is 0.109. The third-order valence-corrected chi connectivity index (χ3v) is 6.85. The number of aromatic nitrogens is 1. The first kappa shape index (κ1) is 22.4. The van der Waals surface area contributed by atoms with Crippen molar-refractivity contribution in [3.8, 4) is 0 Å². The minimum atomic E-state index is -1.07. The van der Waals surface area contributed by atoms with E-state index in [1.54, 1.807) is 22.7 Å². The Morgan fingerprint density at radius 2 is 2.24 bits per heavy atom. The maximum atomic E-state index is 12.3. The molecule has 9 nitrogen and oxygen atoms in total. The van der Waals surface area contributed by atoms with Crippen LogP contribution in [0.3, 0.4) is 0 Å². The lowest BCUT2D eigenvalue weighted by molar-refractivity contribution is -0.0592. The molecule has 2 aromatic rings. The Hall–Kier alpha value is -3.39. The Balaban J connectivity index is 1.62. The summed E-state index contributed by atoms with van der Waals surface area (Å²) in [6.07, 6.45) is 3.53. The van der Waals surface area contributed by atoms with E-state index in [4.69, 9.17) is 14.3 Å². The second kappa shape index (κ2) is 8.13. The van der Waals surface area contributed by atoms with Gasteiger partial charge in [-0.2, -0.15) is 4.99 Å². The van der Waals surface area contributed by atoms with Gasteiger partial charge in [0.2, 0.25) is 0 Å². The van der Waals surface area contributed by atoms with Gasteiger partial charge in [0, 0.05) is 23.9 Å². The van der Waals surface area contributed by atoms with Crippen molar-refractivity contribution in [3.05, 3.63) is 54.1 Å². The second-order valence-corrected chi connectivity index (χ2v) is 9.60. The molecule has 178 valence electrons. The predicted octanol–water partition coefficient (Wildman–Crippen LogP) is 3.29. The predicted molar refractivity (Wildman–Crippen MR) is 124 cm³/mol. The highest BCUT2D eigenvalue weighted by molar-refractivity contribution is 6.01. The highest BCUT2D eigenvalue weighted by Crippen LogP contribution is 2.51. The molecule has 3 atom stereocenters. The van der Waals surface area contributed by atoms with Crippen LogP contribution in [-0.2, 0) is 24.6 Å². The van der Waals surface area contributed by atoms with Crippen LogP contribution in [0.25, 0.3) is 10.9 Å². The van der Waals surface area contributed by atoms with E-state index >= 15 is 0 Å². The number of hydrogen-bond donors (Lipinski definition) is 2. The number of hydrogen-bond acceptors (Lipinski definition) is 7. The summed E-state index contributed by atoms with van der Waals surface area (Å²) in [5, 5.41) is 10.9.